The van der Waals surface area contributed by atoms with E-state index in [2.05, 4.69) is 13.8 Å². The Labute approximate surface area is 673 Å². The van der Waals surface area contributed by atoms with Crippen LogP contribution in [-0.2, 0) is 9.63 Å². The van der Waals surface area contributed by atoms with Gasteiger partial charge in [-0.15, -0.1) is 0 Å². The molecule has 0 aliphatic carbocycles. The summed E-state index contributed by atoms with van der Waals surface area (Å²) in [7, 11) is 3.30. The Morgan fingerprint density at radius 3 is 0.358 bits per heavy atom. The molecule has 0 saturated carbocycles. The van der Waals surface area contributed by atoms with Gasteiger partial charge in [0.05, 0.1) is 7.11 Å². The summed E-state index contributed by atoms with van der Waals surface area (Å²) < 4.78 is 0. The lowest BCUT2D eigenvalue weighted by Crippen LogP contribution is -2.31. The van der Waals surface area contributed by atoms with Crippen molar-refractivity contribution >= 4 is 5.91 Å². The molecule has 0 aromatic rings. The zero-order valence-electron chi connectivity index (χ0n) is 74.9. The smallest absolute Gasteiger partial charge is 0.248 e. The molecule has 0 aliphatic rings. The van der Waals surface area contributed by atoms with Crippen LogP contribution < -0.4 is 0 Å². The number of hydroxylamine groups is 2. The Bertz CT molecular complexity index is 1510. The van der Waals surface area contributed by atoms with Gasteiger partial charge in [0, 0.05) is 13.0 Å². The zero-order chi connectivity index (χ0) is 76.0. The van der Waals surface area contributed by atoms with Gasteiger partial charge in [-0.1, -0.05) is 624 Å². The molecule has 1 atom stereocenters. The second-order valence-corrected chi connectivity index (χ2v) is 36.1. The van der Waals surface area contributed by atoms with Crippen molar-refractivity contribution in [1.82, 2.24) is 5.06 Å². The number of amides is 1. The van der Waals surface area contributed by atoms with Crippen LogP contribution >= 0.6 is 0 Å². The first kappa shape index (κ1) is 105. The van der Waals surface area contributed by atoms with Crippen LogP contribution in [0.25, 0.3) is 0 Å². The van der Waals surface area contributed by atoms with Gasteiger partial charge in [-0.05, 0) is 12.8 Å². The summed E-state index contributed by atoms with van der Waals surface area (Å²) in [5, 5.41) is 1.39. The molecule has 3 heteroatoms. The summed E-state index contributed by atoms with van der Waals surface area (Å²) in [6.07, 6.45) is 142. The van der Waals surface area contributed by atoms with E-state index in [-0.39, 0.29) is 11.8 Å². The van der Waals surface area contributed by atoms with Gasteiger partial charge < -0.3 is 0 Å². The van der Waals surface area contributed by atoms with E-state index >= 15 is 0 Å². The van der Waals surface area contributed by atoms with Crippen LogP contribution in [0.4, 0.5) is 0 Å². The van der Waals surface area contributed by atoms with E-state index in [1.54, 1.807) is 14.2 Å². The Balaban J connectivity index is 3.12. The highest BCUT2D eigenvalue weighted by Gasteiger charge is 2.20. The molecule has 0 radical (unpaired) electrons. The summed E-state index contributed by atoms with van der Waals surface area (Å²) in [5.41, 5.74) is 0. The first-order valence-corrected chi connectivity index (χ1v) is 51.5. The van der Waals surface area contributed by atoms with Gasteiger partial charge in [0.1, 0.15) is 0 Å². The van der Waals surface area contributed by atoms with Crippen LogP contribution in [0.3, 0.4) is 0 Å². The van der Waals surface area contributed by atoms with Gasteiger partial charge in [-0.3, -0.25) is 9.63 Å². The van der Waals surface area contributed by atoms with Crippen molar-refractivity contribution < 1.29 is 9.63 Å². The fourth-order valence-corrected chi connectivity index (χ4v) is 17.8. The summed E-state index contributed by atoms with van der Waals surface area (Å²) in [4.78, 5) is 17.4. The Hall–Kier alpha value is -0.570. The predicted octanol–water partition coefficient (Wildman–Crippen LogP) is 38.5. The van der Waals surface area contributed by atoms with Crippen molar-refractivity contribution in [2.75, 3.05) is 14.2 Å². The quantitative estimate of drug-likeness (QED) is 0.0449. The second kappa shape index (κ2) is 98.6. The highest BCUT2D eigenvalue weighted by molar-refractivity contribution is 5.77. The van der Waals surface area contributed by atoms with E-state index in [0.29, 0.717) is 0 Å². The first-order chi connectivity index (χ1) is 52.7. The predicted molar refractivity (Wildman–Crippen MR) is 482 cm³/mol. The normalized spacial score (nSPS) is 12.1. The summed E-state index contributed by atoms with van der Waals surface area (Å²) in [6.45, 7) is 4.43. The molecule has 0 bridgehead atoms. The third-order valence-corrected chi connectivity index (χ3v) is 25.6. The average Bonchev–Trinajstić information content (AvgIpc) is 0.936. The number of nitrogens with zero attached hydrogens (tertiary/aromatic N) is 1. The minimum atomic E-state index is 0.121. The monoisotopic (exact) mass is 1490 g/mol. The van der Waals surface area contributed by atoms with E-state index in [1.165, 1.54) is 615 Å². The molecular formula is C103H207NO2. The molecule has 0 rings (SSSR count). The third-order valence-electron chi connectivity index (χ3n) is 25.6. The van der Waals surface area contributed by atoms with E-state index < -0.39 is 0 Å². The maximum Gasteiger partial charge on any atom is 0.248 e. The molecule has 0 fully saturated rings. The Morgan fingerprint density at radius 2 is 0.274 bits per heavy atom. The number of carbonyl (C=O) groups is 1. The highest BCUT2D eigenvalue weighted by atomic mass is 16.7. The second-order valence-electron chi connectivity index (χ2n) is 36.1. The molecule has 0 aliphatic heterocycles. The molecule has 0 heterocycles. The molecule has 0 aromatic heterocycles. The molecule has 0 saturated heterocycles. The number of unbranched alkanes of at least 4 members (excludes halogenated alkanes) is 94. The van der Waals surface area contributed by atoms with Crippen LogP contribution in [0.5, 0.6) is 0 Å². The molecule has 1 amide bonds. The number of carbonyl (C=O) groups excluding carboxylic acids is 1. The van der Waals surface area contributed by atoms with Crippen LogP contribution in [0.15, 0.2) is 0 Å². The molecule has 636 valence electrons. The third kappa shape index (κ3) is 92.3. The van der Waals surface area contributed by atoms with E-state index in [0.717, 1.165) is 12.8 Å². The van der Waals surface area contributed by atoms with Crippen LogP contribution in [0.1, 0.15) is 637 Å². The summed E-state index contributed by atoms with van der Waals surface area (Å²) in [5.74, 6) is 0.254. The van der Waals surface area contributed by atoms with E-state index in [4.69, 9.17) is 4.84 Å². The van der Waals surface area contributed by atoms with E-state index in [9.17, 15) is 4.79 Å². The minimum absolute atomic E-state index is 0.121. The standard InChI is InChI=1S/C103H207NO2/c1-5-7-8-9-10-11-12-13-14-15-16-17-18-19-20-21-22-23-24-25-26-27-28-29-30-31-32-33-34-35-36-37-38-39-40-41-42-43-44-45-46-47-48-49-50-51-52-53-54-55-56-57-58-59-60-61-62-63-64-65-66-67-68-69-70-71-72-73-74-75-76-77-78-79-80-81-82-83-84-85-86-87-88-89-90-91-92-93-94-95-96-97-98-99-100-101-102(6-2)103(105)104(3)106-4/h102H,5-101H2,1-4H3. The lowest BCUT2D eigenvalue weighted by Gasteiger charge is -2.20. The average molecular weight is 1490 g/mol. The van der Waals surface area contributed by atoms with Gasteiger partial charge in [-0.25, -0.2) is 5.06 Å². The van der Waals surface area contributed by atoms with Crippen molar-refractivity contribution in [3.05, 3.63) is 0 Å². The lowest BCUT2D eigenvalue weighted by molar-refractivity contribution is -0.173. The molecule has 3 nitrogen and oxygen atoms in total. The maximum absolute atomic E-state index is 12.3. The van der Waals surface area contributed by atoms with Crippen molar-refractivity contribution in [3.63, 3.8) is 0 Å². The maximum atomic E-state index is 12.3. The first-order valence-electron chi connectivity index (χ1n) is 51.5. The molecular weight excluding hydrogens is 1280 g/mol. The van der Waals surface area contributed by atoms with Gasteiger partial charge >= 0.3 is 0 Å². The fourth-order valence-electron chi connectivity index (χ4n) is 17.8. The van der Waals surface area contributed by atoms with Gasteiger partial charge in [-0.2, -0.15) is 0 Å². The SMILES string of the molecule is CCCCCCCCCCCCCCCCCCCCCCCCCCCCCCCCCCCCCCCCCCCCCCCCCCCCCCCCCCCCCCCCCCCCCCCCCCCCCCCCCCCCCCCCCCCCCCCCCC(CC)C(=O)N(C)OC. The largest absolute Gasteiger partial charge is 0.275 e. The van der Waals surface area contributed by atoms with Crippen molar-refractivity contribution in [1.29, 1.82) is 0 Å². The summed E-state index contributed by atoms with van der Waals surface area (Å²) in [6, 6.07) is 0. The molecule has 1 unspecified atom stereocenters. The molecule has 0 aromatic carbocycles. The molecule has 106 heavy (non-hydrogen) atoms. The van der Waals surface area contributed by atoms with Crippen LogP contribution in [-0.4, -0.2) is 25.1 Å². The zero-order valence-corrected chi connectivity index (χ0v) is 74.9. The fraction of sp³-hybridized carbons (Fsp3) is 0.990. The Morgan fingerprint density at radius 1 is 0.179 bits per heavy atom. The van der Waals surface area contributed by atoms with Crippen molar-refractivity contribution in [3.8, 4) is 0 Å². The lowest BCUT2D eigenvalue weighted by atomic mass is 9.97. The molecule has 0 spiro atoms. The summed E-state index contributed by atoms with van der Waals surface area (Å²) >= 11 is 0. The van der Waals surface area contributed by atoms with Crippen LogP contribution in [0.2, 0.25) is 0 Å². The van der Waals surface area contributed by atoms with Crippen molar-refractivity contribution in [2.45, 2.75) is 637 Å². The van der Waals surface area contributed by atoms with Crippen molar-refractivity contribution in [2.24, 2.45) is 5.92 Å². The highest BCUT2D eigenvalue weighted by Crippen LogP contribution is 2.25. The van der Waals surface area contributed by atoms with Gasteiger partial charge in [0.25, 0.3) is 0 Å². The number of hydrogen-bond donors (Lipinski definition) is 0. The number of rotatable bonds is 99. The van der Waals surface area contributed by atoms with Gasteiger partial charge in [0.2, 0.25) is 5.91 Å². The number of hydrogen-bond acceptors (Lipinski definition) is 2. The van der Waals surface area contributed by atoms with E-state index in [1.807, 2.05) is 0 Å². The topological polar surface area (TPSA) is 29.5 Å². The van der Waals surface area contributed by atoms with Gasteiger partial charge in [0.15, 0.2) is 0 Å². The molecule has 0 N–H and O–H groups in total. The Kier molecular flexibility index (Phi) is 98.1. The minimum Gasteiger partial charge on any atom is -0.275 e. The van der Waals surface area contributed by atoms with Crippen LogP contribution in [0, 0.1) is 5.92 Å².